The normalized spacial score (nSPS) is 10.0. The molecule has 0 aliphatic rings. The molecule has 19 heavy (non-hydrogen) atoms. The quantitative estimate of drug-likeness (QED) is 0.837. The summed E-state index contributed by atoms with van der Waals surface area (Å²) in [5, 5.41) is 9.44. The van der Waals surface area contributed by atoms with E-state index in [-0.39, 0.29) is 0 Å². The van der Waals surface area contributed by atoms with Gasteiger partial charge in [-0.05, 0) is 30.7 Å². The monoisotopic (exact) mass is 270 g/mol. The number of halogens is 1. The molecular weight excluding hydrogens is 256 g/mol. The molecule has 0 saturated carbocycles. The molecule has 2 aromatic rings. The van der Waals surface area contributed by atoms with Crippen molar-refractivity contribution in [3.63, 3.8) is 0 Å². The molecule has 2 rings (SSSR count). The molecule has 0 N–H and O–H groups in total. The highest BCUT2D eigenvalue weighted by Gasteiger charge is 2.07. The highest BCUT2D eigenvalue weighted by molar-refractivity contribution is 6.33. The van der Waals surface area contributed by atoms with Crippen molar-refractivity contribution in [1.82, 2.24) is 0 Å². The molecule has 0 unspecified atom stereocenters. The Hall–Kier alpha value is -1.98. The first-order chi connectivity index (χ1) is 9.10. The minimum Gasteiger partial charge on any atom is -0.369 e. The average Bonchev–Trinajstić information content (AvgIpc) is 2.38. The summed E-state index contributed by atoms with van der Waals surface area (Å²) in [6, 6.07) is 15.9. The van der Waals surface area contributed by atoms with Crippen molar-refractivity contribution in [3.05, 3.63) is 64.2 Å². The third-order valence-electron chi connectivity index (χ3n) is 2.99. The van der Waals surface area contributed by atoms with E-state index in [1.165, 1.54) is 11.1 Å². The van der Waals surface area contributed by atoms with Gasteiger partial charge in [0.25, 0.3) is 0 Å². The van der Waals surface area contributed by atoms with E-state index in [1.54, 1.807) is 12.1 Å². The van der Waals surface area contributed by atoms with Gasteiger partial charge in [0.15, 0.2) is 0 Å². The van der Waals surface area contributed by atoms with E-state index in [9.17, 15) is 0 Å². The number of hydrogen-bond acceptors (Lipinski definition) is 2. The van der Waals surface area contributed by atoms with Crippen LogP contribution < -0.4 is 4.90 Å². The fraction of sp³-hybridized carbons (Fsp3) is 0.188. The first kappa shape index (κ1) is 13.5. The third-order valence-corrected chi connectivity index (χ3v) is 3.29. The highest BCUT2D eigenvalue weighted by Crippen LogP contribution is 2.27. The van der Waals surface area contributed by atoms with Crippen LogP contribution in [0.3, 0.4) is 0 Å². The minimum absolute atomic E-state index is 0.581. The largest absolute Gasteiger partial charge is 0.369 e. The number of nitriles is 1. The number of rotatable bonds is 3. The van der Waals surface area contributed by atoms with Crippen LogP contribution in [0.2, 0.25) is 5.02 Å². The summed E-state index contributed by atoms with van der Waals surface area (Å²) in [7, 11) is 2.00. The molecule has 0 heterocycles. The average molecular weight is 271 g/mol. The van der Waals surface area contributed by atoms with Crippen molar-refractivity contribution in [3.8, 4) is 6.07 Å². The number of anilines is 1. The Morgan fingerprint density at radius 2 is 2.00 bits per heavy atom. The molecular formula is C16H15ClN2. The van der Waals surface area contributed by atoms with E-state index >= 15 is 0 Å². The fourth-order valence-corrected chi connectivity index (χ4v) is 2.38. The van der Waals surface area contributed by atoms with Crippen LogP contribution in [0.15, 0.2) is 42.5 Å². The molecule has 3 heteroatoms. The molecule has 0 amide bonds. The SMILES string of the molecule is Cc1cccc(CN(C)c2ccc(C#N)cc2Cl)c1. The molecule has 0 radical (unpaired) electrons. The molecule has 0 aliphatic carbocycles. The zero-order valence-corrected chi connectivity index (χ0v) is 11.8. The summed E-state index contributed by atoms with van der Waals surface area (Å²) in [6.45, 7) is 2.87. The Labute approximate surface area is 118 Å². The van der Waals surface area contributed by atoms with E-state index in [2.05, 4.69) is 42.2 Å². The highest BCUT2D eigenvalue weighted by atomic mass is 35.5. The van der Waals surface area contributed by atoms with Gasteiger partial charge in [0, 0.05) is 13.6 Å². The third kappa shape index (κ3) is 3.27. The standard InChI is InChI=1S/C16H15ClN2/c1-12-4-3-5-14(8-12)11-19(2)16-7-6-13(10-18)9-15(16)17/h3-9H,11H2,1-2H3. The molecule has 0 saturated heterocycles. The lowest BCUT2D eigenvalue weighted by atomic mass is 10.1. The predicted molar refractivity (Wildman–Crippen MR) is 79.5 cm³/mol. The lowest BCUT2D eigenvalue weighted by Gasteiger charge is -2.21. The second-order valence-corrected chi connectivity index (χ2v) is 5.03. The number of aryl methyl sites for hydroxylation is 1. The Kier molecular flexibility index (Phi) is 4.09. The second-order valence-electron chi connectivity index (χ2n) is 4.62. The Balaban J connectivity index is 2.21. The lowest BCUT2D eigenvalue weighted by Crippen LogP contribution is -2.16. The van der Waals surface area contributed by atoms with Gasteiger partial charge in [-0.1, -0.05) is 41.4 Å². The van der Waals surface area contributed by atoms with Gasteiger partial charge in [0.05, 0.1) is 22.3 Å². The van der Waals surface area contributed by atoms with Gasteiger partial charge in [-0.25, -0.2) is 0 Å². The summed E-state index contributed by atoms with van der Waals surface area (Å²) >= 11 is 6.21. The maximum Gasteiger partial charge on any atom is 0.0992 e. The van der Waals surface area contributed by atoms with Crippen molar-refractivity contribution in [2.45, 2.75) is 13.5 Å². The van der Waals surface area contributed by atoms with Crippen molar-refractivity contribution < 1.29 is 0 Å². The Morgan fingerprint density at radius 1 is 1.21 bits per heavy atom. The maximum absolute atomic E-state index is 8.84. The summed E-state index contributed by atoms with van der Waals surface area (Å²) in [4.78, 5) is 2.08. The molecule has 0 aliphatic heterocycles. The second kappa shape index (κ2) is 5.77. The number of nitrogens with zero attached hydrogens (tertiary/aromatic N) is 2. The van der Waals surface area contributed by atoms with Gasteiger partial charge in [0.1, 0.15) is 0 Å². The fourth-order valence-electron chi connectivity index (χ4n) is 2.06. The Morgan fingerprint density at radius 3 is 2.63 bits per heavy atom. The molecule has 0 atom stereocenters. The van der Waals surface area contributed by atoms with Crippen LogP contribution in [-0.2, 0) is 6.54 Å². The van der Waals surface area contributed by atoms with Gasteiger partial charge in [-0.2, -0.15) is 5.26 Å². The van der Waals surface area contributed by atoms with Crippen LogP contribution in [0.1, 0.15) is 16.7 Å². The van der Waals surface area contributed by atoms with Gasteiger partial charge in [-0.15, -0.1) is 0 Å². The van der Waals surface area contributed by atoms with Crippen molar-refractivity contribution in [2.75, 3.05) is 11.9 Å². The molecule has 0 fully saturated rings. The first-order valence-electron chi connectivity index (χ1n) is 6.06. The van der Waals surface area contributed by atoms with Crippen LogP contribution in [0.5, 0.6) is 0 Å². The zero-order valence-electron chi connectivity index (χ0n) is 11.0. The van der Waals surface area contributed by atoms with Gasteiger partial charge in [-0.3, -0.25) is 0 Å². The summed E-state index contributed by atoms with van der Waals surface area (Å²) in [5.41, 5.74) is 4.00. The van der Waals surface area contributed by atoms with Crippen molar-refractivity contribution in [2.24, 2.45) is 0 Å². The smallest absolute Gasteiger partial charge is 0.0992 e. The number of benzene rings is 2. The van der Waals surface area contributed by atoms with E-state index in [0.29, 0.717) is 10.6 Å². The van der Waals surface area contributed by atoms with Crippen molar-refractivity contribution in [1.29, 1.82) is 5.26 Å². The lowest BCUT2D eigenvalue weighted by molar-refractivity contribution is 0.921. The first-order valence-corrected chi connectivity index (χ1v) is 6.44. The molecule has 0 spiro atoms. The van der Waals surface area contributed by atoms with Crippen LogP contribution in [0.4, 0.5) is 5.69 Å². The molecule has 96 valence electrons. The van der Waals surface area contributed by atoms with Crippen molar-refractivity contribution >= 4 is 17.3 Å². The molecule has 0 bridgehead atoms. The number of hydrogen-bond donors (Lipinski definition) is 0. The van der Waals surface area contributed by atoms with E-state index < -0.39 is 0 Å². The predicted octanol–water partition coefficient (Wildman–Crippen LogP) is 4.16. The molecule has 2 aromatic carbocycles. The van der Waals surface area contributed by atoms with Gasteiger partial charge < -0.3 is 4.90 Å². The van der Waals surface area contributed by atoms with Crippen LogP contribution >= 0.6 is 11.6 Å². The van der Waals surface area contributed by atoms with Crippen LogP contribution in [0.25, 0.3) is 0 Å². The van der Waals surface area contributed by atoms with Gasteiger partial charge in [0.2, 0.25) is 0 Å². The minimum atomic E-state index is 0.581. The Bertz CT molecular complexity index is 629. The van der Waals surface area contributed by atoms with Crippen LogP contribution in [0, 0.1) is 18.3 Å². The van der Waals surface area contributed by atoms with E-state index in [4.69, 9.17) is 16.9 Å². The van der Waals surface area contributed by atoms with Gasteiger partial charge >= 0.3 is 0 Å². The zero-order chi connectivity index (χ0) is 13.8. The maximum atomic E-state index is 8.84. The summed E-state index contributed by atoms with van der Waals surface area (Å²) < 4.78 is 0. The molecule has 2 nitrogen and oxygen atoms in total. The summed E-state index contributed by atoms with van der Waals surface area (Å²) in [6.07, 6.45) is 0. The summed E-state index contributed by atoms with van der Waals surface area (Å²) in [5.74, 6) is 0. The van der Waals surface area contributed by atoms with E-state index in [0.717, 1.165) is 12.2 Å². The van der Waals surface area contributed by atoms with E-state index in [1.807, 2.05) is 13.1 Å². The molecule has 0 aromatic heterocycles. The topological polar surface area (TPSA) is 27.0 Å². The van der Waals surface area contributed by atoms with Crippen LogP contribution in [-0.4, -0.2) is 7.05 Å².